The zero-order valence-corrected chi connectivity index (χ0v) is 20.2. The van der Waals surface area contributed by atoms with Gasteiger partial charge in [-0.05, 0) is 42.0 Å². The minimum atomic E-state index is -1.23. The highest BCUT2D eigenvalue weighted by atomic mass is 79.9. The first-order valence-corrected chi connectivity index (χ1v) is 11.5. The third kappa shape index (κ3) is 5.74. The summed E-state index contributed by atoms with van der Waals surface area (Å²) in [5.74, 6) is -3.12. The molecule has 2 N–H and O–H groups in total. The van der Waals surface area contributed by atoms with E-state index in [1.165, 1.54) is 7.11 Å². The van der Waals surface area contributed by atoms with Crippen LogP contribution in [-0.4, -0.2) is 37.8 Å². The predicted molar refractivity (Wildman–Crippen MR) is 127 cm³/mol. The highest BCUT2D eigenvalue weighted by Gasteiger charge is 2.44. The zero-order valence-electron chi connectivity index (χ0n) is 17.8. The number of nitriles is 1. The number of ether oxygens (including phenoxy) is 2. The first kappa shape index (κ1) is 24.4. The molecular formula is C23H20BrN3O5S. The third-order valence-corrected chi connectivity index (χ3v) is 6.42. The molecule has 2 aromatic rings. The topological polar surface area (TPSA) is 118 Å². The minimum absolute atomic E-state index is 0.0546. The number of anilines is 1. The average molecular weight is 530 g/mol. The lowest BCUT2D eigenvalue weighted by molar-refractivity contribution is -0.150. The molecule has 1 heterocycles. The lowest BCUT2D eigenvalue weighted by Gasteiger charge is -2.31. The molecule has 0 radical (unpaired) electrons. The van der Waals surface area contributed by atoms with E-state index in [1.54, 1.807) is 55.6 Å². The number of benzene rings is 2. The predicted octanol–water partition coefficient (Wildman–Crippen LogP) is 3.57. The van der Waals surface area contributed by atoms with Crippen LogP contribution in [0.4, 0.5) is 5.69 Å². The quantitative estimate of drug-likeness (QED) is 0.415. The van der Waals surface area contributed by atoms with Gasteiger partial charge in [0, 0.05) is 16.1 Å². The van der Waals surface area contributed by atoms with Crippen LogP contribution >= 0.6 is 27.7 Å². The largest absolute Gasteiger partial charge is 0.497 e. The fourth-order valence-corrected chi connectivity index (χ4v) is 4.65. The van der Waals surface area contributed by atoms with Crippen molar-refractivity contribution < 1.29 is 23.9 Å². The second kappa shape index (κ2) is 11.0. The Morgan fingerprint density at radius 1 is 1.21 bits per heavy atom. The lowest BCUT2D eigenvalue weighted by Crippen LogP contribution is -2.44. The second-order valence-corrected chi connectivity index (χ2v) is 8.84. The third-order valence-electron chi connectivity index (χ3n) is 4.91. The fourth-order valence-electron chi connectivity index (χ4n) is 3.39. The van der Waals surface area contributed by atoms with E-state index in [-0.39, 0.29) is 22.3 Å². The molecule has 3 rings (SSSR count). The number of carbonyl (C=O) groups is 3. The van der Waals surface area contributed by atoms with Crippen molar-refractivity contribution in [3.8, 4) is 11.8 Å². The molecule has 0 saturated carbocycles. The maximum atomic E-state index is 12.8. The molecule has 2 atom stereocenters. The Labute approximate surface area is 203 Å². The van der Waals surface area contributed by atoms with Crippen LogP contribution in [0.1, 0.15) is 11.5 Å². The molecule has 8 nitrogen and oxygen atoms in total. The van der Waals surface area contributed by atoms with Gasteiger partial charge in [0.1, 0.15) is 11.7 Å². The van der Waals surface area contributed by atoms with Crippen LogP contribution in [-0.2, 0) is 19.1 Å². The molecule has 170 valence electrons. The Morgan fingerprint density at radius 2 is 1.94 bits per heavy atom. The van der Waals surface area contributed by atoms with Crippen LogP contribution < -0.4 is 15.4 Å². The van der Waals surface area contributed by atoms with Gasteiger partial charge in [-0.15, -0.1) is 0 Å². The van der Waals surface area contributed by atoms with Crippen LogP contribution in [0.2, 0.25) is 0 Å². The highest BCUT2D eigenvalue weighted by molar-refractivity contribution is 9.10. The molecule has 0 aliphatic carbocycles. The summed E-state index contributed by atoms with van der Waals surface area (Å²) in [4.78, 5) is 37.7. The number of hydrogen-bond donors (Lipinski definition) is 2. The summed E-state index contributed by atoms with van der Waals surface area (Å²) < 4.78 is 10.7. The Kier molecular flexibility index (Phi) is 8.14. The monoisotopic (exact) mass is 529 g/mol. The van der Waals surface area contributed by atoms with Gasteiger partial charge in [0.25, 0.3) is 0 Å². The number of methoxy groups -OCH3 is 2. The number of thioether (sulfide) groups is 1. The number of amides is 2. The van der Waals surface area contributed by atoms with Gasteiger partial charge in [-0.2, -0.15) is 5.26 Å². The molecular weight excluding hydrogens is 510 g/mol. The summed E-state index contributed by atoms with van der Waals surface area (Å²) >= 11 is 4.40. The number of carbonyl (C=O) groups excluding carboxylic acids is 3. The van der Waals surface area contributed by atoms with E-state index >= 15 is 0 Å². The molecule has 0 unspecified atom stereocenters. The molecule has 0 spiro atoms. The van der Waals surface area contributed by atoms with Crippen LogP contribution in [0.5, 0.6) is 5.75 Å². The van der Waals surface area contributed by atoms with Crippen LogP contribution in [0.25, 0.3) is 0 Å². The Hall–Kier alpha value is -3.29. The molecule has 33 heavy (non-hydrogen) atoms. The van der Waals surface area contributed by atoms with Crippen molar-refractivity contribution in [3.05, 3.63) is 69.2 Å². The molecule has 1 aliphatic rings. The van der Waals surface area contributed by atoms with Crippen molar-refractivity contribution >= 4 is 51.2 Å². The highest BCUT2D eigenvalue weighted by Crippen LogP contribution is 2.40. The maximum absolute atomic E-state index is 12.8. The van der Waals surface area contributed by atoms with E-state index < -0.39 is 23.7 Å². The van der Waals surface area contributed by atoms with Crippen LogP contribution in [0, 0.1) is 17.2 Å². The molecule has 2 amide bonds. The Morgan fingerprint density at radius 3 is 2.55 bits per heavy atom. The van der Waals surface area contributed by atoms with Crippen molar-refractivity contribution in [3.63, 3.8) is 0 Å². The molecule has 1 aliphatic heterocycles. The first-order chi connectivity index (χ1) is 15.9. The van der Waals surface area contributed by atoms with E-state index in [9.17, 15) is 19.6 Å². The number of halogens is 1. The van der Waals surface area contributed by atoms with Crippen molar-refractivity contribution in [2.24, 2.45) is 5.92 Å². The Balaban J connectivity index is 1.86. The SMILES string of the molecule is COC(=O)[C@H]1C(=O)NC(SCC(=O)Nc2ccc(OC)cc2)=C(C#N)[C@H]1c1cccc(Br)c1. The van der Waals surface area contributed by atoms with E-state index in [4.69, 9.17) is 9.47 Å². The van der Waals surface area contributed by atoms with Gasteiger partial charge in [0.15, 0.2) is 0 Å². The van der Waals surface area contributed by atoms with Gasteiger partial charge < -0.3 is 20.1 Å². The van der Waals surface area contributed by atoms with E-state index in [2.05, 4.69) is 32.6 Å². The number of esters is 1. The molecule has 0 aromatic heterocycles. The minimum Gasteiger partial charge on any atom is -0.497 e. The summed E-state index contributed by atoms with van der Waals surface area (Å²) in [6.45, 7) is 0. The van der Waals surface area contributed by atoms with Crippen molar-refractivity contribution in [1.29, 1.82) is 5.26 Å². The first-order valence-electron chi connectivity index (χ1n) is 9.73. The fraction of sp³-hybridized carbons (Fsp3) is 0.217. The van der Waals surface area contributed by atoms with Crippen molar-refractivity contribution in [2.75, 3.05) is 25.3 Å². The standard InChI is InChI=1S/C23H20BrN3O5S/c1-31-16-8-6-15(7-9-16)26-18(28)12-33-22-17(11-25)19(13-4-3-5-14(24)10-13)20(21(29)27-22)23(30)32-2/h3-10,19-20H,12H2,1-2H3,(H,26,28)(H,27,29)/t19-,20-/m1/s1. The number of hydrogen-bond acceptors (Lipinski definition) is 7. The summed E-state index contributed by atoms with van der Waals surface area (Å²) in [6.07, 6.45) is 0. The van der Waals surface area contributed by atoms with Crippen LogP contribution in [0.15, 0.2) is 63.6 Å². The van der Waals surface area contributed by atoms with E-state index in [0.29, 0.717) is 17.0 Å². The summed E-state index contributed by atoms with van der Waals surface area (Å²) in [7, 11) is 2.74. The normalized spacial score (nSPS) is 17.6. The van der Waals surface area contributed by atoms with E-state index in [0.717, 1.165) is 16.2 Å². The van der Waals surface area contributed by atoms with Gasteiger partial charge in [0.05, 0.1) is 36.6 Å². The maximum Gasteiger partial charge on any atom is 0.319 e. The van der Waals surface area contributed by atoms with Gasteiger partial charge in [-0.1, -0.05) is 39.8 Å². The zero-order chi connectivity index (χ0) is 24.0. The van der Waals surface area contributed by atoms with Gasteiger partial charge in [0.2, 0.25) is 11.8 Å². The number of allylic oxidation sites excluding steroid dienone is 1. The molecule has 0 saturated heterocycles. The smallest absolute Gasteiger partial charge is 0.319 e. The number of nitrogens with one attached hydrogen (secondary N) is 2. The van der Waals surface area contributed by atoms with E-state index in [1.807, 2.05) is 0 Å². The summed E-state index contributed by atoms with van der Waals surface area (Å²) in [6, 6.07) is 16.0. The average Bonchev–Trinajstić information content (AvgIpc) is 2.82. The van der Waals surface area contributed by atoms with Gasteiger partial charge in [-0.25, -0.2) is 0 Å². The summed E-state index contributed by atoms with van der Waals surface area (Å²) in [5.41, 5.74) is 1.37. The summed E-state index contributed by atoms with van der Waals surface area (Å²) in [5, 5.41) is 15.5. The lowest BCUT2D eigenvalue weighted by atomic mass is 9.78. The molecule has 0 bridgehead atoms. The Bertz CT molecular complexity index is 1140. The second-order valence-electron chi connectivity index (χ2n) is 6.94. The van der Waals surface area contributed by atoms with Crippen molar-refractivity contribution in [1.82, 2.24) is 5.32 Å². The number of rotatable bonds is 7. The molecule has 2 aromatic carbocycles. The van der Waals surface area contributed by atoms with Gasteiger partial charge in [-0.3, -0.25) is 14.4 Å². The number of nitrogens with zero attached hydrogens (tertiary/aromatic N) is 1. The molecule has 0 fully saturated rings. The van der Waals surface area contributed by atoms with Crippen molar-refractivity contribution in [2.45, 2.75) is 5.92 Å². The van der Waals surface area contributed by atoms with Crippen LogP contribution in [0.3, 0.4) is 0 Å². The van der Waals surface area contributed by atoms with Gasteiger partial charge >= 0.3 is 5.97 Å². The molecule has 10 heteroatoms.